The summed E-state index contributed by atoms with van der Waals surface area (Å²) in [5.74, 6) is 0.324. The van der Waals surface area contributed by atoms with Crippen LogP contribution in [0.15, 0.2) is 30.9 Å². The van der Waals surface area contributed by atoms with Gasteiger partial charge in [-0.1, -0.05) is 11.6 Å². The van der Waals surface area contributed by atoms with Crippen LogP contribution in [-0.2, 0) is 4.79 Å². The predicted molar refractivity (Wildman–Crippen MR) is 70.7 cm³/mol. The van der Waals surface area contributed by atoms with Gasteiger partial charge in [0.1, 0.15) is 18.4 Å². The van der Waals surface area contributed by atoms with E-state index in [9.17, 15) is 4.79 Å². The summed E-state index contributed by atoms with van der Waals surface area (Å²) >= 11 is 5.86. The summed E-state index contributed by atoms with van der Waals surface area (Å²) in [6, 6.07) is 5.23. The van der Waals surface area contributed by atoms with E-state index < -0.39 is 6.10 Å². The zero-order valence-corrected chi connectivity index (χ0v) is 11.3. The van der Waals surface area contributed by atoms with Crippen LogP contribution in [0.4, 0.5) is 0 Å². The largest absolute Gasteiger partial charge is 0.481 e. The van der Waals surface area contributed by atoms with Gasteiger partial charge in [-0.05, 0) is 37.6 Å². The van der Waals surface area contributed by atoms with E-state index in [0.29, 0.717) is 10.8 Å². The molecule has 0 saturated heterocycles. The van der Waals surface area contributed by atoms with Gasteiger partial charge >= 0.3 is 0 Å². The summed E-state index contributed by atoms with van der Waals surface area (Å²) in [7, 11) is 0. The van der Waals surface area contributed by atoms with E-state index >= 15 is 0 Å². The monoisotopic (exact) mass is 280 g/mol. The Labute approximate surface area is 115 Å². The van der Waals surface area contributed by atoms with E-state index in [-0.39, 0.29) is 5.91 Å². The first-order valence-corrected chi connectivity index (χ1v) is 6.02. The molecule has 1 amide bonds. The molecule has 19 heavy (non-hydrogen) atoms. The summed E-state index contributed by atoms with van der Waals surface area (Å²) in [6.07, 6.45) is 2.12. The topological polar surface area (TPSA) is 69.0 Å². The summed E-state index contributed by atoms with van der Waals surface area (Å²) in [4.78, 5) is 11.9. The Morgan fingerprint density at radius 3 is 2.74 bits per heavy atom. The van der Waals surface area contributed by atoms with Gasteiger partial charge < -0.3 is 4.74 Å². The lowest BCUT2D eigenvalue weighted by Crippen LogP contribution is -2.34. The Hall–Kier alpha value is -2.08. The fourth-order valence-electron chi connectivity index (χ4n) is 1.47. The second-order valence-corrected chi connectivity index (χ2v) is 4.45. The molecule has 0 spiro atoms. The van der Waals surface area contributed by atoms with Crippen molar-refractivity contribution in [1.29, 1.82) is 0 Å². The average Bonchev–Trinajstić information content (AvgIpc) is 2.85. The van der Waals surface area contributed by atoms with Crippen LogP contribution < -0.4 is 10.2 Å². The molecular weight excluding hydrogens is 268 g/mol. The standard InChI is InChI=1S/C12H13ClN4O2/c1-8-5-10(13)3-4-11(8)19-9(2)12(18)16-17-6-14-15-7-17/h3-7,9H,1-2H3,(H,16,18)/t9-/m1/s1. The van der Waals surface area contributed by atoms with Crippen LogP contribution in [0.3, 0.4) is 0 Å². The number of carbonyl (C=O) groups is 1. The number of nitrogens with one attached hydrogen (secondary N) is 1. The van der Waals surface area contributed by atoms with Crippen molar-refractivity contribution in [1.82, 2.24) is 14.9 Å². The molecule has 1 aromatic heterocycles. The van der Waals surface area contributed by atoms with Crippen LogP contribution in [0.5, 0.6) is 5.75 Å². The molecule has 0 fully saturated rings. The van der Waals surface area contributed by atoms with Crippen LogP contribution in [-0.4, -0.2) is 26.9 Å². The van der Waals surface area contributed by atoms with Crippen molar-refractivity contribution in [3.8, 4) is 5.75 Å². The molecule has 0 bridgehead atoms. The first-order valence-electron chi connectivity index (χ1n) is 5.64. The zero-order chi connectivity index (χ0) is 13.8. The number of ether oxygens (including phenoxy) is 1. The van der Waals surface area contributed by atoms with Crippen molar-refractivity contribution >= 4 is 17.5 Å². The molecule has 1 aromatic carbocycles. The number of aryl methyl sites for hydroxylation is 1. The van der Waals surface area contributed by atoms with E-state index in [4.69, 9.17) is 16.3 Å². The van der Waals surface area contributed by atoms with Gasteiger partial charge in [-0.3, -0.25) is 10.2 Å². The molecular formula is C12H13ClN4O2. The van der Waals surface area contributed by atoms with Crippen molar-refractivity contribution in [2.75, 3.05) is 5.43 Å². The number of halogens is 1. The Bertz CT molecular complexity index is 571. The lowest BCUT2D eigenvalue weighted by molar-refractivity contribution is -0.123. The van der Waals surface area contributed by atoms with Gasteiger partial charge in [-0.25, -0.2) is 4.68 Å². The van der Waals surface area contributed by atoms with Crippen LogP contribution in [0.2, 0.25) is 5.02 Å². The number of rotatable bonds is 4. The maximum atomic E-state index is 11.9. The quantitative estimate of drug-likeness (QED) is 0.927. The molecule has 2 rings (SSSR count). The lowest BCUT2D eigenvalue weighted by atomic mass is 10.2. The maximum Gasteiger partial charge on any atom is 0.279 e. The highest BCUT2D eigenvalue weighted by atomic mass is 35.5. The minimum atomic E-state index is -0.651. The molecule has 7 heteroatoms. The van der Waals surface area contributed by atoms with Gasteiger partial charge in [-0.2, -0.15) is 0 Å². The maximum absolute atomic E-state index is 11.9. The van der Waals surface area contributed by atoms with Crippen molar-refractivity contribution < 1.29 is 9.53 Å². The minimum absolute atomic E-state index is 0.297. The Morgan fingerprint density at radius 1 is 1.42 bits per heavy atom. The molecule has 0 radical (unpaired) electrons. The number of carbonyl (C=O) groups excluding carboxylic acids is 1. The van der Waals surface area contributed by atoms with Gasteiger partial charge in [0, 0.05) is 5.02 Å². The number of aromatic nitrogens is 3. The SMILES string of the molecule is Cc1cc(Cl)ccc1O[C@H](C)C(=O)Nn1cnnc1. The number of nitrogens with zero attached hydrogens (tertiary/aromatic N) is 3. The fourth-order valence-corrected chi connectivity index (χ4v) is 1.69. The highest BCUT2D eigenvalue weighted by Gasteiger charge is 2.16. The third-order valence-corrected chi connectivity index (χ3v) is 2.70. The number of benzene rings is 1. The molecule has 0 aliphatic carbocycles. The summed E-state index contributed by atoms with van der Waals surface area (Å²) in [6.45, 7) is 3.53. The number of hydrogen-bond acceptors (Lipinski definition) is 4. The molecule has 1 atom stereocenters. The van der Waals surface area contributed by atoms with Gasteiger partial charge in [0.15, 0.2) is 6.10 Å². The van der Waals surface area contributed by atoms with Crippen LogP contribution >= 0.6 is 11.6 Å². The second kappa shape index (κ2) is 5.71. The van der Waals surface area contributed by atoms with Gasteiger partial charge in [0.25, 0.3) is 5.91 Å². The van der Waals surface area contributed by atoms with Crippen molar-refractivity contribution in [2.45, 2.75) is 20.0 Å². The van der Waals surface area contributed by atoms with Crippen LogP contribution in [0.1, 0.15) is 12.5 Å². The van der Waals surface area contributed by atoms with E-state index in [2.05, 4.69) is 15.6 Å². The third kappa shape index (κ3) is 3.45. The fraction of sp³-hybridized carbons (Fsp3) is 0.250. The van der Waals surface area contributed by atoms with E-state index in [1.165, 1.54) is 17.3 Å². The molecule has 6 nitrogen and oxygen atoms in total. The van der Waals surface area contributed by atoms with E-state index in [0.717, 1.165) is 5.56 Å². The highest BCUT2D eigenvalue weighted by Crippen LogP contribution is 2.22. The van der Waals surface area contributed by atoms with Crippen molar-refractivity contribution in [3.05, 3.63) is 41.4 Å². The van der Waals surface area contributed by atoms with Gasteiger partial charge in [0.05, 0.1) is 0 Å². The lowest BCUT2D eigenvalue weighted by Gasteiger charge is -2.16. The smallest absolute Gasteiger partial charge is 0.279 e. The molecule has 1 heterocycles. The summed E-state index contributed by atoms with van der Waals surface area (Å²) in [5.41, 5.74) is 3.45. The normalized spacial score (nSPS) is 11.9. The molecule has 0 aliphatic heterocycles. The summed E-state index contributed by atoms with van der Waals surface area (Å²) < 4.78 is 6.94. The molecule has 1 N–H and O–H groups in total. The van der Waals surface area contributed by atoms with Crippen molar-refractivity contribution in [3.63, 3.8) is 0 Å². The van der Waals surface area contributed by atoms with Crippen LogP contribution in [0, 0.1) is 6.92 Å². The van der Waals surface area contributed by atoms with Gasteiger partial charge in [0.2, 0.25) is 0 Å². The Morgan fingerprint density at radius 2 is 2.11 bits per heavy atom. The van der Waals surface area contributed by atoms with E-state index in [1.54, 1.807) is 25.1 Å². The second-order valence-electron chi connectivity index (χ2n) is 4.02. The highest BCUT2D eigenvalue weighted by molar-refractivity contribution is 6.30. The van der Waals surface area contributed by atoms with E-state index in [1.807, 2.05) is 6.92 Å². The molecule has 2 aromatic rings. The first kappa shape index (κ1) is 13.4. The average molecular weight is 281 g/mol. The van der Waals surface area contributed by atoms with Crippen molar-refractivity contribution in [2.24, 2.45) is 0 Å². The molecule has 0 unspecified atom stereocenters. The third-order valence-electron chi connectivity index (χ3n) is 2.47. The Kier molecular flexibility index (Phi) is 4.01. The van der Waals surface area contributed by atoms with Crippen LogP contribution in [0.25, 0.3) is 0 Å². The summed E-state index contributed by atoms with van der Waals surface area (Å²) in [5, 5.41) is 7.80. The van der Waals surface area contributed by atoms with Gasteiger partial charge in [-0.15, -0.1) is 10.2 Å². The molecule has 0 saturated carbocycles. The minimum Gasteiger partial charge on any atom is -0.481 e. The first-order chi connectivity index (χ1) is 9.06. The number of hydrogen-bond donors (Lipinski definition) is 1. The molecule has 100 valence electrons. The Balaban J connectivity index is 2.00. The number of amides is 1. The molecule has 0 aliphatic rings. The zero-order valence-electron chi connectivity index (χ0n) is 10.5. The predicted octanol–water partition coefficient (Wildman–Crippen LogP) is 1.78.